The van der Waals surface area contributed by atoms with Crippen LogP contribution in [0, 0.1) is 0 Å². The molecule has 0 spiro atoms. The fourth-order valence-electron chi connectivity index (χ4n) is 2.60. The molecule has 1 fully saturated rings. The number of nitrogens with one attached hydrogen (secondary N) is 1. The van der Waals surface area contributed by atoms with Crippen molar-refractivity contribution in [3.05, 3.63) is 29.8 Å². The van der Waals surface area contributed by atoms with Crippen LogP contribution in [0.2, 0.25) is 0 Å². The maximum Gasteiger partial charge on any atom is 0.387 e. The van der Waals surface area contributed by atoms with Gasteiger partial charge in [0.15, 0.2) is 0 Å². The molecular formula is C14H21ClF2N2O. The van der Waals surface area contributed by atoms with E-state index in [0.717, 1.165) is 25.2 Å². The molecule has 1 aromatic rings. The van der Waals surface area contributed by atoms with Crippen molar-refractivity contribution >= 4 is 12.4 Å². The number of benzene rings is 1. The number of nitrogens with zero attached hydrogens (tertiary/aromatic N) is 1. The van der Waals surface area contributed by atoms with Gasteiger partial charge in [-0.25, -0.2) is 0 Å². The Morgan fingerprint density at radius 2 is 1.75 bits per heavy atom. The summed E-state index contributed by atoms with van der Waals surface area (Å²) in [7, 11) is 0. The van der Waals surface area contributed by atoms with Crippen molar-refractivity contribution in [3.8, 4) is 5.75 Å². The van der Waals surface area contributed by atoms with E-state index in [1.807, 2.05) is 12.1 Å². The van der Waals surface area contributed by atoms with Crippen LogP contribution in [-0.4, -0.2) is 36.7 Å². The van der Waals surface area contributed by atoms with Gasteiger partial charge in [0.2, 0.25) is 0 Å². The van der Waals surface area contributed by atoms with E-state index in [-0.39, 0.29) is 18.2 Å². The molecule has 114 valence electrons. The Morgan fingerprint density at radius 3 is 2.25 bits per heavy atom. The number of halogens is 3. The second kappa shape index (κ2) is 7.76. The standard InChI is InChI=1S/C14H20F2N2O.ClH/c1-10-7-18(8-11(2)17-10)9-12-3-5-13(6-4-12)19-14(15)16;/h3-6,10-11,14,17H,7-9H2,1-2H3;1H. The Hall–Kier alpha value is -0.910. The summed E-state index contributed by atoms with van der Waals surface area (Å²) in [6, 6.07) is 7.83. The predicted octanol–water partition coefficient (Wildman–Crippen LogP) is 2.89. The first-order valence-electron chi connectivity index (χ1n) is 6.55. The van der Waals surface area contributed by atoms with Crippen LogP contribution in [0.3, 0.4) is 0 Å². The monoisotopic (exact) mass is 306 g/mol. The molecule has 0 aromatic heterocycles. The molecule has 1 N–H and O–H groups in total. The molecule has 0 bridgehead atoms. The topological polar surface area (TPSA) is 24.5 Å². The first-order chi connectivity index (χ1) is 9.02. The van der Waals surface area contributed by atoms with Crippen molar-refractivity contribution in [1.82, 2.24) is 10.2 Å². The quantitative estimate of drug-likeness (QED) is 0.926. The smallest absolute Gasteiger partial charge is 0.387 e. The lowest BCUT2D eigenvalue weighted by molar-refractivity contribution is -0.0498. The van der Waals surface area contributed by atoms with Gasteiger partial charge < -0.3 is 10.1 Å². The molecule has 1 aliphatic rings. The predicted molar refractivity (Wildman–Crippen MR) is 77.7 cm³/mol. The lowest BCUT2D eigenvalue weighted by Crippen LogP contribution is -2.53. The van der Waals surface area contributed by atoms with E-state index in [1.165, 1.54) is 0 Å². The lowest BCUT2D eigenvalue weighted by Gasteiger charge is -2.36. The number of rotatable bonds is 4. The van der Waals surface area contributed by atoms with Crippen LogP contribution >= 0.6 is 12.4 Å². The molecule has 0 saturated carbocycles. The Morgan fingerprint density at radius 1 is 1.20 bits per heavy atom. The molecule has 0 aliphatic carbocycles. The average Bonchev–Trinajstić information content (AvgIpc) is 2.29. The Labute approximate surface area is 124 Å². The average molecular weight is 307 g/mol. The normalized spacial score (nSPS) is 23.4. The summed E-state index contributed by atoms with van der Waals surface area (Å²) in [4.78, 5) is 2.37. The zero-order chi connectivity index (χ0) is 13.8. The molecule has 2 atom stereocenters. The van der Waals surface area contributed by atoms with Gasteiger partial charge in [0.25, 0.3) is 0 Å². The summed E-state index contributed by atoms with van der Waals surface area (Å²) in [6.45, 7) is 4.41. The summed E-state index contributed by atoms with van der Waals surface area (Å²) in [6.07, 6.45) is 0. The molecule has 1 aliphatic heterocycles. The number of piperazine rings is 1. The van der Waals surface area contributed by atoms with E-state index in [4.69, 9.17) is 0 Å². The minimum Gasteiger partial charge on any atom is -0.435 e. The molecule has 0 amide bonds. The Balaban J connectivity index is 0.00000200. The second-order valence-electron chi connectivity index (χ2n) is 5.19. The lowest BCUT2D eigenvalue weighted by atomic mass is 10.1. The fraction of sp³-hybridized carbons (Fsp3) is 0.571. The SMILES string of the molecule is CC1CN(Cc2ccc(OC(F)F)cc2)CC(C)N1.Cl. The molecule has 1 aromatic carbocycles. The van der Waals surface area contributed by atoms with Crippen LogP contribution in [-0.2, 0) is 6.54 Å². The zero-order valence-electron chi connectivity index (χ0n) is 11.7. The summed E-state index contributed by atoms with van der Waals surface area (Å²) < 4.78 is 28.4. The first kappa shape index (κ1) is 17.1. The highest BCUT2D eigenvalue weighted by Gasteiger charge is 2.20. The van der Waals surface area contributed by atoms with Crippen LogP contribution in [0.4, 0.5) is 8.78 Å². The molecule has 2 unspecified atom stereocenters. The van der Waals surface area contributed by atoms with E-state index < -0.39 is 6.61 Å². The second-order valence-corrected chi connectivity index (χ2v) is 5.19. The van der Waals surface area contributed by atoms with Gasteiger partial charge in [0, 0.05) is 31.7 Å². The van der Waals surface area contributed by atoms with Crippen molar-refractivity contribution in [1.29, 1.82) is 0 Å². The van der Waals surface area contributed by atoms with Gasteiger partial charge in [-0.05, 0) is 31.5 Å². The third-order valence-electron chi connectivity index (χ3n) is 3.19. The molecular weight excluding hydrogens is 286 g/mol. The molecule has 0 radical (unpaired) electrons. The van der Waals surface area contributed by atoms with Gasteiger partial charge in [-0.15, -0.1) is 12.4 Å². The van der Waals surface area contributed by atoms with E-state index in [2.05, 4.69) is 28.8 Å². The third kappa shape index (κ3) is 5.23. The number of alkyl halides is 2. The van der Waals surface area contributed by atoms with E-state index in [0.29, 0.717) is 12.1 Å². The summed E-state index contributed by atoms with van der Waals surface area (Å²) in [5.41, 5.74) is 1.11. The van der Waals surface area contributed by atoms with E-state index >= 15 is 0 Å². The van der Waals surface area contributed by atoms with Gasteiger partial charge >= 0.3 is 6.61 Å². The van der Waals surface area contributed by atoms with Crippen LogP contribution in [0.5, 0.6) is 5.75 Å². The van der Waals surface area contributed by atoms with E-state index in [9.17, 15) is 8.78 Å². The van der Waals surface area contributed by atoms with Crippen molar-refractivity contribution < 1.29 is 13.5 Å². The summed E-state index contributed by atoms with van der Waals surface area (Å²) >= 11 is 0. The first-order valence-corrected chi connectivity index (χ1v) is 6.55. The molecule has 1 saturated heterocycles. The van der Waals surface area contributed by atoms with Gasteiger partial charge in [-0.2, -0.15) is 8.78 Å². The van der Waals surface area contributed by atoms with Crippen molar-refractivity contribution in [2.24, 2.45) is 0 Å². The maximum atomic E-state index is 12.0. The van der Waals surface area contributed by atoms with Gasteiger partial charge in [0.1, 0.15) is 5.75 Å². The summed E-state index contributed by atoms with van der Waals surface area (Å²) in [5, 5.41) is 3.48. The van der Waals surface area contributed by atoms with Crippen molar-refractivity contribution in [2.75, 3.05) is 13.1 Å². The van der Waals surface area contributed by atoms with Crippen LogP contribution in [0.25, 0.3) is 0 Å². The highest BCUT2D eigenvalue weighted by Crippen LogP contribution is 2.17. The molecule has 3 nitrogen and oxygen atoms in total. The Bertz CT molecular complexity index is 393. The minimum atomic E-state index is -2.76. The summed E-state index contributed by atoms with van der Waals surface area (Å²) in [5.74, 6) is 0.209. The van der Waals surface area contributed by atoms with Gasteiger partial charge in [-0.3, -0.25) is 4.90 Å². The minimum absolute atomic E-state index is 0. The fourth-order valence-corrected chi connectivity index (χ4v) is 2.60. The highest BCUT2D eigenvalue weighted by molar-refractivity contribution is 5.85. The maximum absolute atomic E-state index is 12.0. The molecule has 6 heteroatoms. The van der Waals surface area contributed by atoms with Crippen LogP contribution in [0.1, 0.15) is 19.4 Å². The molecule has 1 heterocycles. The third-order valence-corrected chi connectivity index (χ3v) is 3.19. The van der Waals surface area contributed by atoms with Gasteiger partial charge in [-0.1, -0.05) is 12.1 Å². The zero-order valence-corrected chi connectivity index (χ0v) is 12.5. The molecule has 2 rings (SSSR count). The highest BCUT2D eigenvalue weighted by atomic mass is 35.5. The largest absolute Gasteiger partial charge is 0.435 e. The molecule has 20 heavy (non-hydrogen) atoms. The van der Waals surface area contributed by atoms with Crippen LogP contribution < -0.4 is 10.1 Å². The van der Waals surface area contributed by atoms with E-state index in [1.54, 1.807) is 12.1 Å². The Kier molecular flexibility index (Phi) is 6.65. The van der Waals surface area contributed by atoms with Crippen molar-refractivity contribution in [3.63, 3.8) is 0 Å². The number of ether oxygens (including phenoxy) is 1. The van der Waals surface area contributed by atoms with Crippen molar-refractivity contribution in [2.45, 2.75) is 39.1 Å². The van der Waals surface area contributed by atoms with Crippen LogP contribution in [0.15, 0.2) is 24.3 Å². The van der Waals surface area contributed by atoms with Gasteiger partial charge in [0.05, 0.1) is 0 Å². The number of hydrogen-bond acceptors (Lipinski definition) is 3. The number of hydrogen-bond donors (Lipinski definition) is 1.